The van der Waals surface area contributed by atoms with Gasteiger partial charge in [0.15, 0.2) is 0 Å². The molecule has 0 aliphatic carbocycles. The van der Waals surface area contributed by atoms with Crippen molar-refractivity contribution >= 4 is 17.7 Å². The summed E-state index contributed by atoms with van der Waals surface area (Å²) < 4.78 is -0.632. The van der Waals surface area contributed by atoms with E-state index in [0.29, 0.717) is 13.2 Å². The molecule has 1 spiro atoms. The van der Waals surface area contributed by atoms with Crippen LogP contribution in [0.25, 0.3) is 0 Å². The Hall–Kier alpha value is -1.73. The lowest BCUT2D eigenvalue weighted by atomic mass is 10.1. The molecule has 1 atom stereocenters. The predicted octanol–water partition coefficient (Wildman–Crippen LogP) is -0.284. The van der Waals surface area contributed by atoms with Gasteiger partial charge in [0.25, 0.3) is 0 Å². The smallest absolute Gasteiger partial charge is 0.354 e. The number of nitrogens with one attached hydrogen (secondary N) is 3. The van der Waals surface area contributed by atoms with E-state index in [4.69, 9.17) is 14.5 Å². The van der Waals surface area contributed by atoms with Gasteiger partial charge in [-0.2, -0.15) is 5.48 Å². The van der Waals surface area contributed by atoms with Crippen molar-refractivity contribution in [2.45, 2.75) is 45.6 Å². The van der Waals surface area contributed by atoms with Crippen LogP contribution in [0.4, 0.5) is 0 Å². The second-order valence-electron chi connectivity index (χ2n) is 7.05. The average molecular weight is 429 g/mol. The zero-order valence-electron chi connectivity index (χ0n) is 17.9. The Morgan fingerprint density at radius 2 is 1.87 bits per heavy atom. The highest BCUT2D eigenvalue weighted by molar-refractivity contribution is 6.04. The summed E-state index contributed by atoms with van der Waals surface area (Å²) in [6.45, 7) is 6.40. The number of rotatable bonds is 13. The predicted molar refractivity (Wildman–Crippen MR) is 107 cm³/mol. The Balaban J connectivity index is 1.96. The van der Waals surface area contributed by atoms with Crippen LogP contribution in [0.5, 0.6) is 0 Å². The fourth-order valence-electron chi connectivity index (χ4n) is 3.34. The van der Waals surface area contributed by atoms with Crippen LogP contribution >= 0.6 is 0 Å². The Morgan fingerprint density at radius 3 is 2.57 bits per heavy atom. The van der Waals surface area contributed by atoms with Crippen molar-refractivity contribution in [3.8, 4) is 0 Å². The molecule has 11 nitrogen and oxygen atoms in total. The molecule has 0 aromatic rings. The summed E-state index contributed by atoms with van der Waals surface area (Å²) in [6.07, 6.45) is 5.16. The Bertz CT molecular complexity index is 596. The van der Waals surface area contributed by atoms with E-state index in [1.165, 1.54) is 17.3 Å². The van der Waals surface area contributed by atoms with Gasteiger partial charge in [0.2, 0.25) is 5.91 Å². The first-order chi connectivity index (χ1) is 14.5. The fourth-order valence-corrected chi connectivity index (χ4v) is 3.34. The monoisotopic (exact) mass is 428 g/mol. The van der Waals surface area contributed by atoms with Gasteiger partial charge in [-0.1, -0.05) is 11.0 Å². The molecule has 11 heteroatoms. The third-order valence-corrected chi connectivity index (χ3v) is 4.91. The van der Waals surface area contributed by atoms with E-state index in [2.05, 4.69) is 16.3 Å². The normalized spacial score (nSPS) is 20.4. The number of hydrogen-bond acceptors (Lipinski definition) is 9. The van der Waals surface area contributed by atoms with Gasteiger partial charge in [0.1, 0.15) is 6.54 Å². The second-order valence-corrected chi connectivity index (χ2v) is 7.05. The Morgan fingerprint density at radius 1 is 1.13 bits per heavy atom. The van der Waals surface area contributed by atoms with Crippen molar-refractivity contribution in [2.24, 2.45) is 0 Å². The van der Waals surface area contributed by atoms with Crippen LogP contribution in [0.3, 0.4) is 0 Å². The molecule has 2 aliphatic heterocycles. The average Bonchev–Trinajstić information content (AvgIpc) is 3.02. The van der Waals surface area contributed by atoms with Gasteiger partial charge in [0, 0.05) is 13.1 Å². The van der Waals surface area contributed by atoms with Crippen molar-refractivity contribution in [2.75, 3.05) is 46.0 Å². The van der Waals surface area contributed by atoms with Gasteiger partial charge in [-0.05, 0) is 31.9 Å². The molecule has 2 aliphatic rings. The minimum absolute atomic E-state index is 0.0309. The lowest BCUT2D eigenvalue weighted by Gasteiger charge is -2.38. The summed E-state index contributed by atoms with van der Waals surface area (Å²) in [7, 11) is 0. The van der Waals surface area contributed by atoms with Crippen LogP contribution in [0, 0.1) is 0 Å². The molecule has 3 amide bonds. The van der Waals surface area contributed by atoms with E-state index in [-0.39, 0.29) is 44.6 Å². The van der Waals surface area contributed by atoms with E-state index in [1.807, 2.05) is 13.8 Å². The van der Waals surface area contributed by atoms with E-state index < -0.39 is 16.4 Å². The van der Waals surface area contributed by atoms with Crippen LogP contribution in [0.1, 0.15) is 39.5 Å². The molecule has 0 aromatic carbocycles. The lowest BCUT2D eigenvalue weighted by molar-refractivity contribution is -0.941. The second kappa shape index (κ2) is 12.8. The summed E-state index contributed by atoms with van der Waals surface area (Å²) in [6, 6.07) is -0.127. The summed E-state index contributed by atoms with van der Waals surface area (Å²) in [5.74, 6) is -0.978. The highest BCUT2D eigenvalue weighted by Crippen LogP contribution is 2.24. The number of imide groups is 1. The first-order valence-corrected chi connectivity index (χ1v) is 10.6. The van der Waals surface area contributed by atoms with Gasteiger partial charge in [0.05, 0.1) is 51.0 Å². The highest BCUT2D eigenvalue weighted by atomic mass is 16.7. The molecule has 3 N–H and O–H groups in total. The van der Waals surface area contributed by atoms with Crippen molar-refractivity contribution in [3.05, 3.63) is 12.2 Å². The third-order valence-electron chi connectivity index (χ3n) is 4.91. The molecular weight excluding hydrogens is 394 g/mol. The number of carbonyl (C=O) groups excluding carboxylic acids is 3. The fraction of sp³-hybridized carbons (Fsp3) is 0.737. The number of hydroxylamine groups is 3. The van der Waals surface area contributed by atoms with Crippen molar-refractivity contribution in [3.63, 3.8) is 0 Å². The van der Waals surface area contributed by atoms with Crippen LogP contribution in [0.15, 0.2) is 12.2 Å². The van der Waals surface area contributed by atoms with Crippen LogP contribution in [0.2, 0.25) is 0 Å². The SMILES string of the molecule is CCONCCCCC(CON1CCNC(=O)CC[N+]12C(=O)C=CC2=O)NOCC. The van der Waals surface area contributed by atoms with Gasteiger partial charge in [-0.3, -0.25) is 9.63 Å². The molecule has 0 saturated carbocycles. The largest absolute Gasteiger partial charge is 0.368 e. The molecule has 0 radical (unpaired) electrons. The van der Waals surface area contributed by atoms with Crippen molar-refractivity contribution in [1.29, 1.82) is 0 Å². The summed E-state index contributed by atoms with van der Waals surface area (Å²) in [4.78, 5) is 53.5. The van der Waals surface area contributed by atoms with Gasteiger partial charge >= 0.3 is 11.8 Å². The topological polar surface area (TPSA) is 118 Å². The highest BCUT2D eigenvalue weighted by Gasteiger charge is 2.53. The minimum atomic E-state index is -0.632. The Kier molecular flexibility index (Phi) is 10.5. The maximum Gasteiger partial charge on any atom is 0.368 e. The molecule has 30 heavy (non-hydrogen) atoms. The zero-order chi connectivity index (χ0) is 21.8. The van der Waals surface area contributed by atoms with E-state index in [9.17, 15) is 14.4 Å². The molecular formula is C19H34N5O6+. The lowest BCUT2D eigenvalue weighted by Crippen LogP contribution is -2.67. The molecule has 1 saturated heterocycles. The van der Waals surface area contributed by atoms with Gasteiger partial charge in [-0.15, -0.1) is 0 Å². The Labute approximate surface area is 177 Å². The number of nitrogens with zero attached hydrogens (tertiary/aromatic N) is 2. The quantitative estimate of drug-likeness (QED) is 0.157. The minimum Gasteiger partial charge on any atom is -0.354 e. The van der Waals surface area contributed by atoms with Gasteiger partial charge in [-0.25, -0.2) is 15.1 Å². The maximum atomic E-state index is 12.6. The number of unbranched alkanes of at least 4 members (excludes halogenated alkanes) is 1. The maximum absolute atomic E-state index is 12.6. The van der Waals surface area contributed by atoms with E-state index in [1.54, 1.807) is 0 Å². The van der Waals surface area contributed by atoms with Crippen molar-refractivity contribution in [1.82, 2.24) is 21.4 Å². The van der Waals surface area contributed by atoms with E-state index in [0.717, 1.165) is 25.8 Å². The first-order valence-electron chi connectivity index (χ1n) is 10.6. The molecule has 1 unspecified atom stereocenters. The van der Waals surface area contributed by atoms with Crippen LogP contribution in [-0.4, -0.2) is 79.5 Å². The third kappa shape index (κ3) is 6.64. The van der Waals surface area contributed by atoms with Gasteiger partial charge < -0.3 is 15.0 Å². The summed E-state index contributed by atoms with van der Waals surface area (Å²) >= 11 is 0. The standard InChI is InChI=1S/C19H33N5O6/c1-3-28-21-11-6-5-7-16(22-29-4-2)15-30-23-13-12-20-17(25)10-14-24(23)18(26)8-9-19(24)27/h8-9,16,21-22H,3-7,10-15H2,1-2H3/p+1. The molecule has 0 aromatic heterocycles. The molecule has 0 bridgehead atoms. The number of amides is 3. The van der Waals surface area contributed by atoms with Crippen LogP contribution in [-0.2, 0) is 28.9 Å². The first kappa shape index (κ1) is 24.5. The zero-order valence-corrected chi connectivity index (χ0v) is 17.9. The van der Waals surface area contributed by atoms with Crippen molar-refractivity contribution < 1.29 is 33.5 Å². The molecule has 2 rings (SSSR count). The summed E-state index contributed by atoms with van der Waals surface area (Å²) in [5, 5.41) is 4.15. The summed E-state index contributed by atoms with van der Waals surface area (Å²) in [5.41, 5.74) is 5.87. The number of hydrogen-bond donors (Lipinski definition) is 3. The molecule has 1 fully saturated rings. The number of carbonyl (C=O) groups is 3. The molecule has 170 valence electrons. The number of quaternary nitrogens is 1. The van der Waals surface area contributed by atoms with Crippen LogP contribution < -0.4 is 16.3 Å². The van der Waals surface area contributed by atoms with E-state index >= 15 is 0 Å². The molecule has 2 heterocycles.